The van der Waals surface area contributed by atoms with E-state index in [2.05, 4.69) is 25.9 Å². The number of para-hydroxylation sites is 1. The van der Waals surface area contributed by atoms with Crippen LogP contribution in [0.5, 0.6) is 0 Å². The lowest BCUT2D eigenvalue weighted by Gasteiger charge is -2.15. The molecule has 0 unspecified atom stereocenters. The highest BCUT2D eigenvalue weighted by molar-refractivity contribution is 7.80. The van der Waals surface area contributed by atoms with Crippen molar-refractivity contribution >= 4 is 62.8 Å². The quantitative estimate of drug-likeness (QED) is 0.322. The lowest BCUT2D eigenvalue weighted by Crippen LogP contribution is -2.19. The minimum absolute atomic E-state index is 0.161. The van der Waals surface area contributed by atoms with Crippen LogP contribution in [-0.4, -0.2) is 21.0 Å². The Morgan fingerprint density at radius 2 is 1.69 bits per heavy atom. The van der Waals surface area contributed by atoms with Gasteiger partial charge in [-0.1, -0.05) is 35.9 Å². The number of hydrogen-bond acceptors (Lipinski definition) is 4. The molecule has 32 heavy (non-hydrogen) atoms. The zero-order valence-electron chi connectivity index (χ0n) is 17.4. The second-order valence-corrected chi connectivity index (χ2v) is 8.04. The van der Waals surface area contributed by atoms with E-state index in [0.717, 1.165) is 33.4 Å². The van der Waals surface area contributed by atoms with E-state index in [1.807, 2.05) is 49.4 Å². The second kappa shape index (κ2) is 9.30. The maximum absolute atomic E-state index is 11.2. The highest BCUT2D eigenvalue weighted by atomic mass is 35.5. The van der Waals surface area contributed by atoms with Crippen LogP contribution in [0.15, 0.2) is 67.0 Å². The van der Waals surface area contributed by atoms with Gasteiger partial charge in [-0.25, -0.2) is 9.97 Å². The minimum Gasteiger partial charge on any atom is -0.332 e. The number of carbonyl (C=O) groups excluding carboxylic acids is 1. The lowest BCUT2D eigenvalue weighted by atomic mass is 10.0. The van der Waals surface area contributed by atoms with Crippen molar-refractivity contribution in [2.24, 2.45) is 0 Å². The van der Waals surface area contributed by atoms with E-state index in [-0.39, 0.29) is 5.91 Å². The Balaban J connectivity index is 1.56. The first-order chi connectivity index (χ1) is 15.4. The predicted octanol–water partition coefficient (Wildman–Crippen LogP) is 6.03. The van der Waals surface area contributed by atoms with Crippen LogP contribution in [0, 0.1) is 6.92 Å². The Hall–Kier alpha value is -3.55. The standard InChI is InChI=1S/C24H20ClN5OS/c1-14-7-8-16(11-19(14)23-18-5-3-4-6-21(18)26-13-27-23)29-24(32)30-22-10-9-17(12-20(22)25)28-15(2)31/h3-13H,1-2H3,(H,28,31)(H2,29,30,32). The molecule has 4 aromatic rings. The van der Waals surface area contributed by atoms with Gasteiger partial charge in [-0.3, -0.25) is 4.79 Å². The van der Waals surface area contributed by atoms with Crippen molar-refractivity contribution in [3.63, 3.8) is 0 Å². The number of rotatable bonds is 4. The Kier molecular flexibility index (Phi) is 6.30. The van der Waals surface area contributed by atoms with Gasteiger partial charge in [-0.2, -0.15) is 0 Å². The van der Waals surface area contributed by atoms with E-state index in [1.165, 1.54) is 6.92 Å². The molecule has 0 atom stereocenters. The molecule has 0 saturated carbocycles. The summed E-state index contributed by atoms with van der Waals surface area (Å²) in [6.07, 6.45) is 1.58. The molecule has 6 nitrogen and oxygen atoms in total. The molecule has 3 aromatic carbocycles. The molecule has 1 amide bonds. The van der Waals surface area contributed by atoms with Gasteiger partial charge in [0.05, 0.1) is 21.9 Å². The summed E-state index contributed by atoms with van der Waals surface area (Å²) in [5.74, 6) is -0.161. The Morgan fingerprint density at radius 1 is 0.938 bits per heavy atom. The first-order valence-electron chi connectivity index (χ1n) is 9.86. The number of nitrogens with zero attached hydrogens (tertiary/aromatic N) is 2. The Labute approximate surface area is 196 Å². The molecule has 0 aliphatic carbocycles. The van der Waals surface area contributed by atoms with E-state index in [1.54, 1.807) is 24.5 Å². The van der Waals surface area contributed by atoms with Crippen LogP contribution in [0.4, 0.5) is 17.1 Å². The van der Waals surface area contributed by atoms with Gasteiger partial charge in [-0.05, 0) is 61.1 Å². The molecule has 160 valence electrons. The minimum atomic E-state index is -0.161. The van der Waals surface area contributed by atoms with Gasteiger partial charge in [0.25, 0.3) is 0 Å². The predicted molar refractivity (Wildman–Crippen MR) is 135 cm³/mol. The average Bonchev–Trinajstić information content (AvgIpc) is 2.76. The fourth-order valence-electron chi connectivity index (χ4n) is 3.36. The molecule has 0 bridgehead atoms. The van der Waals surface area contributed by atoms with Crippen molar-refractivity contribution in [2.45, 2.75) is 13.8 Å². The smallest absolute Gasteiger partial charge is 0.221 e. The normalized spacial score (nSPS) is 10.6. The fourth-order valence-corrected chi connectivity index (χ4v) is 3.81. The summed E-state index contributed by atoms with van der Waals surface area (Å²) in [5, 5.41) is 10.8. The van der Waals surface area contributed by atoms with E-state index in [0.29, 0.717) is 21.5 Å². The number of fused-ring (bicyclic) bond motifs is 1. The molecule has 1 aromatic heterocycles. The number of aromatic nitrogens is 2. The van der Waals surface area contributed by atoms with Crippen LogP contribution in [0.1, 0.15) is 12.5 Å². The molecule has 4 rings (SSSR count). The summed E-state index contributed by atoms with van der Waals surface area (Å²) in [4.78, 5) is 20.1. The summed E-state index contributed by atoms with van der Waals surface area (Å²) >= 11 is 11.8. The van der Waals surface area contributed by atoms with Crippen LogP contribution < -0.4 is 16.0 Å². The molecule has 0 aliphatic heterocycles. The van der Waals surface area contributed by atoms with E-state index in [4.69, 9.17) is 23.8 Å². The number of halogens is 1. The van der Waals surface area contributed by atoms with Gasteiger partial charge in [-0.15, -0.1) is 0 Å². The molecule has 1 heterocycles. The van der Waals surface area contributed by atoms with E-state index >= 15 is 0 Å². The molecular weight excluding hydrogens is 442 g/mol. The molecule has 0 aliphatic rings. The molecule has 8 heteroatoms. The number of benzene rings is 3. The zero-order chi connectivity index (χ0) is 22.7. The topological polar surface area (TPSA) is 78.9 Å². The third-order valence-corrected chi connectivity index (χ3v) is 5.35. The number of amides is 1. The molecule has 0 spiro atoms. The fraction of sp³-hybridized carbons (Fsp3) is 0.0833. The average molecular weight is 462 g/mol. The SMILES string of the molecule is CC(=O)Nc1ccc(NC(=S)Nc2ccc(C)c(-c3ncnc4ccccc34)c2)c(Cl)c1. The molecular formula is C24H20ClN5OS. The van der Waals surface area contributed by atoms with Crippen LogP contribution in [0.3, 0.4) is 0 Å². The van der Waals surface area contributed by atoms with Gasteiger partial charge < -0.3 is 16.0 Å². The van der Waals surface area contributed by atoms with Crippen LogP contribution in [0.2, 0.25) is 5.02 Å². The number of carbonyl (C=O) groups is 1. The van der Waals surface area contributed by atoms with Gasteiger partial charge in [0.1, 0.15) is 6.33 Å². The van der Waals surface area contributed by atoms with E-state index < -0.39 is 0 Å². The van der Waals surface area contributed by atoms with Crippen molar-refractivity contribution in [1.29, 1.82) is 0 Å². The first kappa shape index (κ1) is 21.7. The van der Waals surface area contributed by atoms with Crippen molar-refractivity contribution in [3.8, 4) is 11.3 Å². The van der Waals surface area contributed by atoms with Crippen molar-refractivity contribution in [2.75, 3.05) is 16.0 Å². The van der Waals surface area contributed by atoms with Crippen LogP contribution in [-0.2, 0) is 4.79 Å². The van der Waals surface area contributed by atoms with Gasteiger partial charge in [0, 0.05) is 29.2 Å². The van der Waals surface area contributed by atoms with Crippen LogP contribution >= 0.6 is 23.8 Å². The van der Waals surface area contributed by atoms with Crippen LogP contribution in [0.25, 0.3) is 22.2 Å². The number of aryl methyl sites for hydroxylation is 1. The highest BCUT2D eigenvalue weighted by Gasteiger charge is 2.11. The maximum Gasteiger partial charge on any atom is 0.221 e. The lowest BCUT2D eigenvalue weighted by molar-refractivity contribution is -0.114. The summed E-state index contributed by atoms with van der Waals surface area (Å²) in [7, 11) is 0. The third-order valence-electron chi connectivity index (χ3n) is 4.83. The number of thiocarbonyl (C=S) groups is 1. The summed E-state index contributed by atoms with van der Waals surface area (Å²) in [5.41, 5.74) is 5.91. The second-order valence-electron chi connectivity index (χ2n) is 7.22. The van der Waals surface area contributed by atoms with Gasteiger partial charge >= 0.3 is 0 Å². The summed E-state index contributed by atoms with van der Waals surface area (Å²) < 4.78 is 0. The number of nitrogens with one attached hydrogen (secondary N) is 3. The molecule has 0 saturated heterocycles. The molecule has 0 fully saturated rings. The highest BCUT2D eigenvalue weighted by Crippen LogP contribution is 2.30. The van der Waals surface area contributed by atoms with Crippen molar-refractivity contribution in [3.05, 3.63) is 77.6 Å². The molecule has 0 radical (unpaired) electrons. The summed E-state index contributed by atoms with van der Waals surface area (Å²) in [6.45, 7) is 3.49. The Morgan fingerprint density at radius 3 is 2.47 bits per heavy atom. The number of hydrogen-bond donors (Lipinski definition) is 3. The number of anilines is 3. The van der Waals surface area contributed by atoms with E-state index in [9.17, 15) is 4.79 Å². The van der Waals surface area contributed by atoms with Gasteiger partial charge in [0.15, 0.2) is 5.11 Å². The third kappa shape index (κ3) is 4.85. The molecule has 3 N–H and O–H groups in total. The summed E-state index contributed by atoms with van der Waals surface area (Å²) in [6, 6.07) is 19.1. The Bertz CT molecular complexity index is 1340. The van der Waals surface area contributed by atoms with Crippen molar-refractivity contribution in [1.82, 2.24) is 9.97 Å². The monoisotopic (exact) mass is 461 g/mol. The zero-order valence-corrected chi connectivity index (χ0v) is 19.0. The first-order valence-corrected chi connectivity index (χ1v) is 10.7. The van der Waals surface area contributed by atoms with Crippen molar-refractivity contribution < 1.29 is 4.79 Å². The maximum atomic E-state index is 11.2. The largest absolute Gasteiger partial charge is 0.332 e. The van der Waals surface area contributed by atoms with Gasteiger partial charge in [0.2, 0.25) is 5.91 Å².